The summed E-state index contributed by atoms with van der Waals surface area (Å²) in [5, 5.41) is 18.3. The monoisotopic (exact) mass is 553 g/mol. The van der Waals surface area contributed by atoms with Crippen molar-refractivity contribution in [2.75, 3.05) is 43.4 Å². The molecule has 0 atom stereocenters. The lowest BCUT2D eigenvalue weighted by molar-refractivity contribution is 0.271. The lowest BCUT2D eigenvalue weighted by atomic mass is 10.1. The average Bonchev–Trinajstić information content (AvgIpc) is 3.62. The fourth-order valence-electron chi connectivity index (χ4n) is 4.90. The molecule has 40 heavy (non-hydrogen) atoms. The van der Waals surface area contributed by atoms with Crippen molar-refractivity contribution in [3.63, 3.8) is 0 Å². The third-order valence-electron chi connectivity index (χ3n) is 7.11. The highest BCUT2D eigenvalue weighted by Gasteiger charge is 2.22. The van der Waals surface area contributed by atoms with E-state index in [1.165, 1.54) is 0 Å². The standard InChI is InChI=1S/C28H27N9O2S/c1-34-19-23(18-31-34)25-20-37-28(22(15-29)17-32-37)27(33-25)21-7-8-26(30-16-21)36-11-9-35(10-12-36)13-14-40(38,39)24-5-3-2-4-6-24/h2-8,16-20H,9-14H2,1H3. The van der Waals surface area contributed by atoms with Gasteiger partial charge in [0.2, 0.25) is 0 Å². The van der Waals surface area contributed by atoms with E-state index in [2.05, 4.69) is 26.1 Å². The van der Waals surface area contributed by atoms with E-state index in [0.29, 0.717) is 33.9 Å². The number of aryl methyl sites for hydroxylation is 1. The Morgan fingerprint density at radius 3 is 2.40 bits per heavy atom. The molecular formula is C28H27N9O2S. The second kappa shape index (κ2) is 10.5. The predicted molar refractivity (Wildman–Crippen MR) is 150 cm³/mol. The van der Waals surface area contributed by atoms with Crippen LogP contribution < -0.4 is 4.90 Å². The van der Waals surface area contributed by atoms with E-state index in [9.17, 15) is 13.7 Å². The summed E-state index contributed by atoms with van der Waals surface area (Å²) in [6.45, 7) is 3.50. The van der Waals surface area contributed by atoms with Gasteiger partial charge in [0.25, 0.3) is 0 Å². The Bertz CT molecular complexity index is 1800. The van der Waals surface area contributed by atoms with Crippen LogP contribution in [0.2, 0.25) is 0 Å². The van der Waals surface area contributed by atoms with E-state index >= 15 is 0 Å². The van der Waals surface area contributed by atoms with E-state index in [4.69, 9.17) is 9.97 Å². The van der Waals surface area contributed by atoms with Gasteiger partial charge in [-0.15, -0.1) is 0 Å². The zero-order valence-electron chi connectivity index (χ0n) is 21.9. The summed E-state index contributed by atoms with van der Waals surface area (Å²) in [5.41, 5.74) is 4.01. The molecule has 0 unspecified atom stereocenters. The maximum atomic E-state index is 12.6. The van der Waals surface area contributed by atoms with Crippen LogP contribution in [0.5, 0.6) is 0 Å². The van der Waals surface area contributed by atoms with Gasteiger partial charge in [0.15, 0.2) is 9.84 Å². The third-order valence-corrected chi connectivity index (χ3v) is 8.82. The molecule has 1 aliphatic heterocycles. The van der Waals surface area contributed by atoms with Gasteiger partial charge in [-0.25, -0.2) is 22.9 Å². The molecule has 0 N–H and O–H groups in total. The summed E-state index contributed by atoms with van der Waals surface area (Å²) in [4.78, 5) is 14.3. The Balaban J connectivity index is 1.17. The van der Waals surface area contributed by atoms with Gasteiger partial charge in [-0.3, -0.25) is 9.58 Å². The molecule has 202 valence electrons. The maximum absolute atomic E-state index is 12.6. The Morgan fingerprint density at radius 2 is 1.73 bits per heavy atom. The molecule has 0 aliphatic carbocycles. The first-order valence-corrected chi connectivity index (χ1v) is 14.6. The quantitative estimate of drug-likeness (QED) is 0.299. The number of nitriles is 1. The van der Waals surface area contributed by atoms with Crippen LogP contribution in [-0.4, -0.2) is 81.2 Å². The highest BCUT2D eigenvalue weighted by Crippen LogP contribution is 2.29. The minimum atomic E-state index is -3.30. The summed E-state index contributed by atoms with van der Waals surface area (Å²) in [6.07, 6.45) is 8.73. The molecule has 1 saturated heterocycles. The minimum Gasteiger partial charge on any atom is -0.354 e. The van der Waals surface area contributed by atoms with Gasteiger partial charge < -0.3 is 4.90 Å². The average molecular weight is 554 g/mol. The number of rotatable bonds is 7. The Labute approximate surface area is 231 Å². The molecule has 6 rings (SSSR count). The molecule has 1 aliphatic rings. The SMILES string of the molecule is Cn1cc(-c2cn3ncc(C#N)c3c(-c3ccc(N4CCN(CCS(=O)(=O)c5ccccc5)CC4)nc3)n2)cn1. The highest BCUT2D eigenvalue weighted by molar-refractivity contribution is 7.91. The summed E-state index contributed by atoms with van der Waals surface area (Å²) in [5.74, 6) is 0.941. The van der Waals surface area contributed by atoms with Gasteiger partial charge in [-0.1, -0.05) is 18.2 Å². The Kier molecular flexibility index (Phi) is 6.75. The van der Waals surface area contributed by atoms with Crippen LogP contribution in [-0.2, 0) is 16.9 Å². The molecular weight excluding hydrogens is 526 g/mol. The second-order valence-electron chi connectivity index (χ2n) is 9.71. The Morgan fingerprint density at radius 1 is 0.925 bits per heavy atom. The van der Waals surface area contributed by atoms with Crippen molar-refractivity contribution in [2.24, 2.45) is 7.05 Å². The number of nitrogens with zero attached hydrogens (tertiary/aromatic N) is 9. The summed E-state index contributed by atoms with van der Waals surface area (Å²) < 4.78 is 28.7. The number of fused-ring (bicyclic) bond motifs is 1. The first-order valence-electron chi connectivity index (χ1n) is 12.9. The number of hydrogen-bond acceptors (Lipinski definition) is 9. The van der Waals surface area contributed by atoms with Crippen LogP contribution in [0.3, 0.4) is 0 Å². The van der Waals surface area contributed by atoms with Gasteiger partial charge in [-0.2, -0.15) is 15.5 Å². The van der Waals surface area contributed by atoms with Crippen LogP contribution in [0.25, 0.3) is 28.0 Å². The largest absolute Gasteiger partial charge is 0.354 e. The van der Waals surface area contributed by atoms with Crippen LogP contribution in [0.1, 0.15) is 5.56 Å². The van der Waals surface area contributed by atoms with Gasteiger partial charge >= 0.3 is 0 Å². The number of pyridine rings is 1. The van der Waals surface area contributed by atoms with Crippen LogP contribution in [0.15, 0.2) is 78.3 Å². The van der Waals surface area contributed by atoms with E-state index in [-0.39, 0.29) is 5.75 Å². The minimum absolute atomic E-state index is 0.100. The molecule has 0 bridgehead atoms. The zero-order valence-corrected chi connectivity index (χ0v) is 22.7. The van der Waals surface area contributed by atoms with E-state index in [1.54, 1.807) is 58.3 Å². The van der Waals surface area contributed by atoms with Crippen molar-refractivity contribution < 1.29 is 8.42 Å². The van der Waals surface area contributed by atoms with E-state index in [0.717, 1.165) is 43.1 Å². The summed E-state index contributed by atoms with van der Waals surface area (Å²) >= 11 is 0. The molecule has 5 heterocycles. The van der Waals surface area contributed by atoms with Crippen molar-refractivity contribution >= 4 is 21.2 Å². The normalized spacial score (nSPS) is 14.4. The van der Waals surface area contributed by atoms with Gasteiger partial charge in [-0.05, 0) is 24.3 Å². The second-order valence-corrected chi connectivity index (χ2v) is 11.8. The topological polar surface area (TPSA) is 125 Å². The van der Waals surface area contributed by atoms with E-state index < -0.39 is 9.84 Å². The van der Waals surface area contributed by atoms with Gasteiger partial charge in [0, 0.05) is 63.3 Å². The fourth-order valence-corrected chi connectivity index (χ4v) is 6.20. The molecule has 1 fully saturated rings. The Hall–Kier alpha value is -4.60. The van der Waals surface area contributed by atoms with Crippen molar-refractivity contribution in [3.8, 4) is 28.6 Å². The van der Waals surface area contributed by atoms with Crippen molar-refractivity contribution in [1.29, 1.82) is 5.26 Å². The first kappa shape index (κ1) is 25.7. The predicted octanol–water partition coefficient (Wildman–Crippen LogP) is 2.66. The van der Waals surface area contributed by atoms with Gasteiger partial charge in [0.1, 0.15) is 23.0 Å². The molecule has 0 amide bonds. The molecule has 0 radical (unpaired) electrons. The summed E-state index contributed by atoms with van der Waals surface area (Å²) in [6, 6.07) is 14.7. The molecule has 0 spiro atoms. The highest BCUT2D eigenvalue weighted by atomic mass is 32.2. The van der Waals surface area contributed by atoms with Gasteiger partial charge in [0.05, 0.1) is 40.6 Å². The molecule has 4 aromatic heterocycles. The molecule has 1 aromatic carbocycles. The van der Waals surface area contributed by atoms with E-state index in [1.807, 2.05) is 31.4 Å². The number of benzene rings is 1. The maximum Gasteiger partial charge on any atom is 0.179 e. The lowest BCUT2D eigenvalue weighted by Gasteiger charge is -2.35. The lowest BCUT2D eigenvalue weighted by Crippen LogP contribution is -2.47. The van der Waals surface area contributed by atoms with Crippen LogP contribution in [0.4, 0.5) is 5.82 Å². The fraction of sp³-hybridized carbons (Fsp3) is 0.250. The molecule has 5 aromatic rings. The molecule has 11 nitrogen and oxygen atoms in total. The zero-order chi connectivity index (χ0) is 27.7. The smallest absolute Gasteiger partial charge is 0.179 e. The first-order chi connectivity index (χ1) is 19.4. The number of aromatic nitrogens is 6. The number of piperazine rings is 1. The van der Waals surface area contributed by atoms with Crippen LogP contribution >= 0.6 is 0 Å². The molecule has 0 saturated carbocycles. The summed E-state index contributed by atoms with van der Waals surface area (Å²) in [7, 11) is -1.45. The van der Waals surface area contributed by atoms with Crippen molar-refractivity contribution in [3.05, 3.63) is 79.0 Å². The van der Waals surface area contributed by atoms with Crippen LogP contribution in [0, 0.1) is 11.3 Å². The number of hydrogen-bond donors (Lipinski definition) is 0. The van der Waals surface area contributed by atoms with Crippen molar-refractivity contribution in [2.45, 2.75) is 4.90 Å². The number of sulfone groups is 1. The third kappa shape index (κ3) is 5.04. The van der Waals surface area contributed by atoms with Crippen molar-refractivity contribution in [1.82, 2.24) is 34.3 Å². The molecule has 12 heteroatoms. The number of anilines is 1.